The van der Waals surface area contributed by atoms with Crippen LogP contribution in [0.15, 0.2) is 0 Å². The fourth-order valence-corrected chi connectivity index (χ4v) is 4.34. The van der Waals surface area contributed by atoms with Gasteiger partial charge in [-0.2, -0.15) is 0 Å². The average molecular weight is 246 g/mol. The van der Waals surface area contributed by atoms with Gasteiger partial charge < -0.3 is 5.73 Å². The van der Waals surface area contributed by atoms with Gasteiger partial charge in [-0.3, -0.25) is 0 Å². The second-order valence-corrected chi connectivity index (χ2v) is 7.30. The van der Waals surface area contributed by atoms with Gasteiger partial charge in [0.2, 0.25) is 10.0 Å². The number of rotatable bonds is 4. The minimum atomic E-state index is -3.06. The Hall–Kier alpha value is -0.130. The predicted molar refractivity (Wildman–Crippen MR) is 64.5 cm³/mol. The van der Waals surface area contributed by atoms with Crippen LogP contribution in [0.1, 0.15) is 44.9 Å². The summed E-state index contributed by atoms with van der Waals surface area (Å²) in [5, 5.41) is -0.144. The smallest absolute Gasteiger partial charge is 0.214 e. The van der Waals surface area contributed by atoms with Gasteiger partial charge in [-0.05, 0) is 31.6 Å². The molecule has 0 amide bonds. The van der Waals surface area contributed by atoms with Crippen LogP contribution < -0.4 is 10.5 Å². The van der Waals surface area contributed by atoms with Crippen molar-refractivity contribution in [2.45, 2.75) is 56.2 Å². The summed E-state index contributed by atoms with van der Waals surface area (Å²) in [4.78, 5) is 0. The Bertz CT molecular complexity index is 317. The quantitative estimate of drug-likeness (QED) is 0.776. The molecule has 0 bridgehead atoms. The Morgan fingerprint density at radius 2 is 1.75 bits per heavy atom. The SMILES string of the molecule is NC1CC(CNS(=O)(=O)C2CCCCC2)C1. The van der Waals surface area contributed by atoms with E-state index in [9.17, 15) is 8.42 Å². The number of sulfonamides is 1. The third-order valence-electron chi connectivity index (χ3n) is 3.84. The highest BCUT2D eigenvalue weighted by Gasteiger charge is 2.30. The Balaban J connectivity index is 1.78. The minimum absolute atomic E-state index is 0.144. The van der Waals surface area contributed by atoms with E-state index in [2.05, 4.69) is 4.72 Å². The van der Waals surface area contributed by atoms with Gasteiger partial charge in [-0.15, -0.1) is 0 Å². The number of nitrogens with one attached hydrogen (secondary N) is 1. The summed E-state index contributed by atoms with van der Waals surface area (Å²) in [5.74, 6) is 0.466. The summed E-state index contributed by atoms with van der Waals surface area (Å²) in [6.07, 6.45) is 6.89. The van der Waals surface area contributed by atoms with Crippen molar-refractivity contribution in [1.29, 1.82) is 0 Å². The van der Waals surface area contributed by atoms with Crippen LogP contribution in [-0.2, 0) is 10.0 Å². The molecule has 2 saturated carbocycles. The largest absolute Gasteiger partial charge is 0.328 e. The highest BCUT2D eigenvalue weighted by molar-refractivity contribution is 7.90. The van der Waals surface area contributed by atoms with Gasteiger partial charge in [0.25, 0.3) is 0 Å². The molecule has 94 valence electrons. The van der Waals surface area contributed by atoms with E-state index in [1.54, 1.807) is 0 Å². The van der Waals surface area contributed by atoms with Crippen LogP contribution >= 0.6 is 0 Å². The zero-order valence-corrected chi connectivity index (χ0v) is 10.5. The van der Waals surface area contributed by atoms with Crippen molar-refractivity contribution >= 4 is 10.0 Å². The maximum Gasteiger partial charge on any atom is 0.214 e. The van der Waals surface area contributed by atoms with Crippen molar-refractivity contribution in [2.75, 3.05) is 6.54 Å². The molecular formula is C11H22N2O2S. The number of hydrogen-bond donors (Lipinski definition) is 2. The standard InChI is InChI=1S/C11H22N2O2S/c12-10-6-9(7-10)8-13-16(14,15)11-4-2-1-3-5-11/h9-11,13H,1-8,12H2. The van der Waals surface area contributed by atoms with Crippen LogP contribution in [0, 0.1) is 5.92 Å². The van der Waals surface area contributed by atoms with Crippen LogP contribution in [0.4, 0.5) is 0 Å². The molecule has 2 fully saturated rings. The maximum absolute atomic E-state index is 12.0. The van der Waals surface area contributed by atoms with E-state index < -0.39 is 10.0 Å². The Kier molecular flexibility index (Phi) is 3.87. The summed E-state index contributed by atoms with van der Waals surface area (Å²) in [6.45, 7) is 0.590. The van der Waals surface area contributed by atoms with E-state index in [4.69, 9.17) is 5.73 Å². The molecule has 0 aliphatic heterocycles. The summed E-state index contributed by atoms with van der Waals surface area (Å²) in [5.41, 5.74) is 5.67. The van der Waals surface area contributed by atoms with Gasteiger partial charge in [0.15, 0.2) is 0 Å². The van der Waals surface area contributed by atoms with Gasteiger partial charge in [-0.25, -0.2) is 13.1 Å². The summed E-state index contributed by atoms with van der Waals surface area (Å²) in [7, 11) is -3.06. The first kappa shape index (κ1) is 12.3. The van der Waals surface area contributed by atoms with Gasteiger partial charge in [0, 0.05) is 12.6 Å². The summed E-state index contributed by atoms with van der Waals surface area (Å²) >= 11 is 0. The molecule has 0 aromatic heterocycles. The molecule has 5 heteroatoms. The van der Waals surface area contributed by atoms with Crippen LogP contribution in [0.2, 0.25) is 0 Å². The lowest BCUT2D eigenvalue weighted by Gasteiger charge is -2.33. The Labute approximate surface area is 98.0 Å². The molecule has 2 aliphatic rings. The van der Waals surface area contributed by atoms with Gasteiger partial charge in [0.1, 0.15) is 0 Å². The number of nitrogens with two attached hydrogens (primary N) is 1. The molecule has 3 N–H and O–H groups in total. The molecule has 0 aromatic carbocycles. The van der Waals surface area contributed by atoms with Crippen LogP contribution in [0.3, 0.4) is 0 Å². The van der Waals surface area contributed by atoms with Gasteiger partial charge in [-0.1, -0.05) is 19.3 Å². The zero-order chi connectivity index (χ0) is 11.6. The Morgan fingerprint density at radius 1 is 1.12 bits per heavy atom. The molecule has 16 heavy (non-hydrogen) atoms. The van der Waals surface area contributed by atoms with Crippen LogP contribution in [0.25, 0.3) is 0 Å². The van der Waals surface area contributed by atoms with Crippen molar-refractivity contribution in [3.8, 4) is 0 Å². The molecule has 0 spiro atoms. The molecule has 4 nitrogen and oxygen atoms in total. The van der Waals surface area contributed by atoms with Crippen LogP contribution in [-0.4, -0.2) is 26.3 Å². The first-order valence-corrected chi connectivity index (χ1v) is 7.86. The molecular weight excluding hydrogens is 224 g/mol. The summed E-state index contributed by atoms with van der Waals surface area (Å²) < 4.78 is 26.7. The third-order valence-corrected chi connectivity index (χ3v) is 5.75. The summed E-state index contributed by atoms with van der Waals surface area (Å²) in [6, 6.07) is 0.296. The fourth-order valence-electron chi connectivity index (χ4n) is 2.68. The first-order chi connectivity index (χ1) is 7.58. The topological polar surface area (TPSA) is 72.2 Å². The van der Waals surface area contributed by atoms with E-state index >= 15 is 0 Å². The molecule has 2 rings (SSSR count). The van der Waals surface area contributed by atoms with E-state index in [-0.39, 0.29) is 5.25 Å². The maximum atomic E-state index is 12.0. The van der Waals surface area contributed by atoms with Crippen LogP contribution in [0.5, 0.6) is 0 Å². The average Bonchev–Trinajstić information content (AvgIpc) is 2.24. The van der Waals surface area contributed by atoms with Crippen molar-refractivity contribution in [3.05, 3.63) is 0 Å². The highest BCUT2D eigenvalue weighted by Crippen LogP contribution is 2.26. The molecule has 2 aliphatic carbocycles. The van der Waals surface area contributed by atoms with E-state index in [1.165, 1.54) is 6.42 Å². The third kappa shape index (κ3) is 2.96. The molecule has 0 atom stereocenters. The van der Waals surface area contributed by atoms with Crippen molar-refractivity contribution in [1.82, 2.24) is 4.72 Å². The molecule has 0 saturated heterocycles. The molecule has 0 heterocycles. The number of hydrogen-bond acceptors (Lipinski definition) is 3. The fraction of sp³-hybridized carbons (Fsp3) is 1.00. The molecule has 0 unspecified atom stereocenters. The first-order valence-electron chi connectivity index (χ1n) is 6.32. The lowest BCUT2D eigenvalue weighted by Crippen LogP contribution is -2.44. The van der Waals surface area contributed by atoms with E-state index in [0.717, 1.165) is 38.5 Å². The van der Waals surface area contributed by atoms with Crippen molar-refractivity contribution in [2.24, 2.45) is 11.7 Å². The van der Waals surface area contributed by atoms with Gasteiger partial charge in [0.05, 0.1) is 5.25 Å². The van der Waals surface area contributed by atoms with Crippen molar-refractivity contribution < 1.29 is 8.42 Å². The zero-order valence-electron chi connectivity index (χ0n) is 9.69. The minimum Gasteiger partial charge on any atom is -0.328 e. The normalized spacial score (nSPS) is 32.3. The van der Waals surface area contributed by atoms with E-state index in [1.807, 2.05) is 0 Å². The Morgan fingerprint density at radius 3 is 2.31 bits per heavy atom. The van der Waals surface area contributed by atoms with Gasteiger partial charge >= 0.3 is 0 Å². The van der Waals surface area contributed by atoms with E-state index in [0.29, 0.717) is 18.5 Å². The van der Waals surface area contributed by atoms with Crippen molar-refractivity contribution in [3.63, 3.8) is 0 Å². The predicted octanol–water partition coefficient (Wildman–Crippen LogP) is 0.976. The monoisotopic (exact) mass is 246 g/mol. The highest BCUT2D eigenvalue weighted by atomic mass is 32.2. The molecule has 0 radical (unpaired) electrons. The lowest BCUT2D eigenvalue weighted by molar-refractivity contribution is 0.266. The second-order valence-electron chi connectivity index (χ2n) is 5.25. The lowest BCUT2D eigenvalue weighted by atomic mass is 9.81. The second kappa shape index (κ2) is 5.02. The molecule has 0 aromatic rings.